The SMILES string of the molecule is CCOC(=O)c1cc2c(=O)n3ccccc3nc2n(Cc2ccccc2)c1=NC(=O)Cc1ccccc1. The number of pyridine rings is 2. The van der Waals surface area contributed by atoms with Crippen LogP contribution in [0.5, 0.6) is 0 Å². The van der Waals surface area contributed by atoms with E-state index in [9.17, 15) is 14.4 Å². The third-order valence-electron chi connectivity index (χ3n) is 5.90. The van der Waals surface area contributed by atoms with E-state index in [0.717, 1.165) is 11.1 Å². The third kappa shape index (κ3) is 4.95. The second-order valence-corrected chi connectivity index (χ2v) is 8.42. The van der Waals surface area contributed by atoms with Crippen molar-refractivity contribution in [2.45, 2.75) is 19.9 Å². The minimum Gasteiger partial charge on any atom is -0.462 e. The molecule has 3 aromatic heterocycles. The zero-order valence-electron chi connectivity index (χ0n) is 20.2. The molecule has 3 heterocycles. The fourth-order valence-electron chi connectivity index (χ4n) is 4.20. The summed E-state index contributed by atoms with van der Waals surface area (Å²) in [6, 6.07) is 25.4. The number of amides is 1. The molecule has 0 radical (unpaired) electrons. The first kappa shape index (κ1) is 23.9. The lowest BCUT2D eigenvalue weighted by Gasteiger charge is -2.15. The van der Waals surface area contributed by atoms with Gasteiger partial charge in [-0.2, -0.15) is 4.99 Å². The van der Waals surface area contributed by atoms with Gasteiger partial charge in [-0.25, -0.2) is 9.78 Å². The highest BCUT2D eigenvalue weighted by Crippen LogP contribution is 2.14. The maximum atomic E-state index is 13.5. The maximum Gasteiger partial charge on any atom is 0.341 e. The van der Waals surface area contributed by atoms with Gasteiger partial charge in [0.15, 0.2) is 5.49 Å². The van der Waals surface area contributed by atoms with Crippen molar-refractivity contribution in [2.24, 2.45) is 4.99 Å². The molecule has 0 unspecified atom stereocenters. The number of hydrogen-bond donors (Lipinski definition) is 0. The van der Waals surface area contributed by atoms with Crippen LogP contribution in [0.4, 0.5) is 0 Å². The van der Waals surface area contributed by atoms with Crippen molar-refractivity contribution in [3.8, 4) is 0 Å². The van der Waals surface area contributed by atoms with Crippen molar-refractivity contribution in [1.82, 2.24) is 14.0 Å². The fraction of sp³-hybridized carbons (Fsp3) is 0.138. The first-order chi connectivity index (χ1) is 18.0. The van der Waals surface area contributed by atoms with Crippen LogP contribution >= 0.6 is 0 Å². The van der Waals surface area contributed by atoms with Crippen LogP contribution in [0.25, 0.3) is 16.7 Å². The summed E-state index contributed by atoms with van der Waals surface area (Å²) in [4.78, 5) is 48.8. The van der Waals surface area contributed by atoms with E-state index >= 15 is 0 Å². The second-order valence-electron chi connectivity index (χ2n) is 8.42. The number of benzene rings is 2. The van der Waals surface area contributed by atoms with Gasteiger partial charge in [-0.3, -0.25) is 14.0 Å². The van der Waals surface area contributed by atoms with E-state index < -0.39 is 11.9 Å². The molecule has 8 heteroatoms. The zero-order valence-corrected chi connectivity index (χ0v) is 20.2. The summed E-state index contributed by atoms with van der Waals surface area (Å²) in [5, 5.41) is 0.220. The first-order valence-corrected chi connectivity index (χ1v) is 11.9. The average Bonchev–Trinajstić information content (AvgIpc) is 2.91. The number of carbonyl (C=O) groups is 2. The molecule has 0 aliphatic rings. The Balaban J connectivity index is 1.83. The number of aromatic nitrogens is 3. The van der Waals surface area contributed by atoms with Gasteiger partial charge in [-0.15, -0.1) is 0 Å². The van der Waals surface area contributed by atoms with Crippen molar-refractivity contribution in [3.05, 3.63) is 124 Å². The molecule has 184 valence electrons. The molecule has 5 aromatic rings. The average molecular weight is 493 g/mol. The third-order valence-corrected chi connectivity index (χ3v) is 5.90. The standard InChI is InChI=1S/C29H24N4O4/c1-2-37-29(36)23-18-22-26(30-24-15-9-10-16-32(24)28(22)35)33(19-21-13-7-4-8-14-21)27(23)31-25(34)17-20-11-5-3-6-12-20/h3-16,18H,2,17,19H2,1H3. The van der Waals surface area contributed by atoms with Crippen LogP contribution in [0.3, 0.4) is 0 Å². The minimum absolute atomic E-state index is 0.0291. The molecule has 5 rings (SSSR count). The van der Waals surface area contributed by atoms with Crippen LogP contribution in [-0.4, -0.2) is 32.4 Å². The molecule has 2 aromatic carbocycles. The van der Waals surface area contributed by atoms with Crippen LogP contribution in [0.1, 0.15) is 28.4 Å². The smallest absolute Gasteiger partial charge is 0.341 e. The van der Waals surface area contributed by atoms with E-state index in [-0.39, 0.29) is 41.6 Å². The van der Waals surface area contributed by atoms with Crippen molar-refractivity contribution in [1.29, 1.82) is 0 Å². The van der Waals surface area contributed by atoms with Gasteiger partial charge in [0.1, 0.15) is 16.9 Å². The van der Waals surface area contributed by atoms with E-state index in [1.54, 1.807) is 35.9 Å². The molecular formula is C29H24N4O4. The lowest BCUT2D eigenvalue weighted by molar-refractivity contribution is -0.117. The fourth-order valence-corrected chi connectivity index (χ4v) is 4.20. The van der Waals surface area contributed by atoms with E-state index in [4.69, 9.17) is 9.72 Å². The van der Waals surface area contributed by atoms with Gasteiger partial charge in [0.25, 0.3) is 11.5 Å². The predicted molar refractivity (Wildman–Crippen MR) is 139 cm³/mol. The van der Waals surface area contributed by atoms with Crippen molar-refractivity contribution in [3.63, 3.8) is 0 Å². The number of hydrogen-bond acceptors (Lipinski definition) is 5. The summed E-state index contributed by atoms with van der Waals surface area (Å²) in [7, 11) is 0. The topological polar surface area (TPSA) is 95.0 Å². The molecule has 0 N–H and O–H groups in total. The van der Waals surface area contributed by atoms with E-state index in [1.807, 2.05) is 60.7 Å². The monoisotopic (exact) mass is 492 g/mol. The molecule has 8 nitrogen and oxygen atoms in total. The highest BCUT2D eigenvalue weighted by atomic mass is 16.5. The van der Waals surface area contributed by atoms with Crippen molar-refractivity contribution < 1.29 is 14.3 Å². The lowest BCUT2D eigenvalue weighted by Crippen LogP contribution is -2.33. The number of esters is 1. The molecule has 0 fully saturated rings. The molecule has 0 aliphatic carbocycles. The Labute approximate surface area is 212 Å². The number of carbonyl (C=O) groups excluding carboxylic acids is 2. The van der Waals surface area contributed by atoms with Gasteiger partial charge in [0.2, 0.25) is 0 Å². The van der Waals surface area contributed by atoms with E-state index in [0.29, 0.717) is 11.3 Å². The molecule has 0 atom stereocenters. The predicted octanol–water partition coefficient (Wildman–Crippen LogP) is 3.54. The number of nitrogens with zero attached hydrogens (tertiary/aromatic N) is 4. The Bertz CT molecular complexity index is 1740. The van der Waals surface area contributed by atoms with Crippen molar-refractivity contribution >= 4 is 28.6 Å². The molecule has 0 bridgehead atoms. The Hall–Kier alpha value is -4.85. The first-order valence-electron chi connectivity index (χ1n) is 11.9. The van der Waals surface area contributed by atoms with Gasteiger partial charge < -0.3 is 9.30 Å². The molecular weight excluding hydrogens is 468 g/mol. The van der Waals surface area contributed by atoms with Gasteiger partial charge in [0.05, 0.1) is 25.0 Å². The van der Waals surface area contributed by atoms with Crippen molar-refractivity contribution in [2.75, 3.05) is 6.61 Å². The van der Waals surface area contributed by atoms with Crippen LogP contribution < -0.4 is 11.0 Å². The molecule has 37 heavy (non-hydrogen) atoms. The van der Waals surface area contributed by atoms with Crippen LogP contribution in [0.2, 0.25) is 0 Å². The van der Waals surface area contributed by atoms with Crippen LogP contribution in [0, 0.1) is 0 Å². The Kier molecular flexibility index (Phi) is 6.72. The Morgan fingerprint density at radius 1 is 0.919 bits per heavy atom. The largest absolute Gasteiger partial charge is 0.462 e. The second kappa shape index (κ2) is 10.4. The number of rotatable bonds is 6. The summed E-state index contributed by atoms with van der Waals surface area (Å²) >= 11 is 0. The van der Waals surface area contributed by atoms with Gasteiger partial charge in [0, 0.05) is 6.20 Å². The van der Waals surface area contributed by atoms with Gasteiger partial charge in [-0.1, -0.05) is 66.7 Å². The highest BCUT2D eigenvalue weighted by molar-refractivity contribution is 5.94. The molecule has 0 spiro atoms. The molecule has 0 saturated heterocycles. The minimum atomic E-state index is -0.671. The Morgan fingerprint density at radius 2 is 1.59 bits per heavy atom. The normalized spacial score (nSPS) is 11.6. The summed E-state index contributed by atoms with van der Waals surface area (Å²) < 4.78 is 8.36. The van der Waals surface area contributed by atoms with Crippen LogP contribution in [-0.2, 0) is 22.5 Å². The van der Waals surface area contributed by atoms with E-state index in [2.05, 4.69) is 4.99 Å². The van der Waals surface area contributed by atoms with Gasteiger partial charge >= 0.3 is 5.97 Å². The molecule has 0 saturated carbocycles. The summed E-state index contributed by atoms with van der Waals surface area (Å²) in [6.07, 6.45) is 1.68. The number of ether oxygens (including phenoxy) is 1. The lowest BCUT2D eigenvalue weighted by atomic mass is 10.1. The summed E-state index contributed by atoms with van der Waals surface area (Å²) in [6.45, 7) is 2.05. The zero-order chi connectivity index (χ0) is 25.8. The Morgan fingerprint density at radius 3 is 2.30 bits per heavy atom. The summed E-state index contributed by atoms with van der Waals surface area (Å²) in [5.41, 5.74) is 2.23. The highest BCUT2D eigenvalue weighted by Gasteiger charge is 2.20. The summed E-state index contributed by atoms with van der Waals surface area (Å²) in [5.74, 6) is -1.11. The van der Waals surface area contributed by atoms with E-state index in [1.165, 1.54) is 10.5 Å². The maximum absolute atomic E-state index is 13.5. The number of fused-ring (bicyclic) bond motifs is 2. The quantitative estimate of drug-likeness (QED) is 0.267. The van der Waals surface area contributed by atoms with Crippen LogP contribution in [0.15, 0.2) is 101 Å². The molecule has 0 aliphatic heterocycles. The molecule has 1 amide bonds. The van der Waals surface area contributed by atoms with Gasteiger partial charge in [-0.05, 0) is 36.2 Å².